The molecule has 0 aliphatic heterocycles. The highest BCUT2D eigenvalue weighted by molar-refractivity contribution is 7.97. The summed E-state index contributed by atoms with van der Waals surface area (Å²) in [6.07, 6.45) is -3.07. The van der Waals surface area contributed by atoms with Gasteiger partial charge in [-0.3, -0.25) is 4.79 Å². The van der Waals surface area contributed by atoms with Crippen LogP contribution in [-0.2, 0) is 7.05 Å². The molecule has 0 saturated carbocycles. The monoisotopic (exact) mass is 346 g/mol. The Hall–Kier alpha value is -1.80. The molecular formula is C15H14F4N2OS. The van der Waals surface area contributed by atoms with E-state index in [0.717, 1.165) is 40.5 Å². The van der Waals surface area contributed by atoms with Crippen LogP contribution in [0.25, 0.3) is 0 Å². The van der Waals surface area contributed by atoms with Gasteiger partial charge in [0.15, 0.2) is 0 Å². The third kappa shape index (κ3) is 4.35. The number of aryl methyl sites for hydroxylation is 1. The SMILES string of the molecule is CN(Sc1ccc(=O)n(C)c1)[C@H](c1ccc(F)cc1)C(F)(F)F. The molecule has 2 rings (SSSR count). The molecule has 0 amide bonds. The first-order valence-corrected chi connectivity index (χ1v) is 7.35. The fourth-order valence-corrected chi connectivity index (χ4v) is 3.10. The van der Waals surface area contributed by atoms with Crippen LogP contribution < -0.4 is 5.56 Å². The van der Waals surface area contributed by atoms with E-state index in [9.17, 15) is 22.4 Å². The van der Waals surface area contributed by atoms with Gasteiger partial charge in [-0.05, 0) is 42.8 Å². The normalized spacial score (nSPS) is 13.3. The molecule has 0 radical (unpaired) electrons. The number of benzene rings is 1. The molecule has 0 unspecified atom stereocenters. The van der Waals surface area contributed by atoms with Gasteiger partial charge >= 0.3 is 6.18 Å². The van der Waals surface area contributed by atoms with Crippen LogP contribution in [0.2, 0.25) is 0 Å². The minimum absolute atomic E-state index is 0.0567. The molecule has 0 saturated heterocycles. The lowest BCUT2D eigenvalue weighted by Crippen LogP contribution is -2.32. The molecule has 1 aromatic carbocycles. The third-order valence-corrected chi connectivity index (χ3v) is 4.12. The van der Waals surface area contributed by atoms with Crippen LogP contribution in [0, 0.1) is 5.82 Å². The molecule has 1 atom stereocenters. The number of alkyl halides is 3. The summed E-state index contributed by atoms with van der Waals surface area (Å²) in [6.45, 7) is 0. The van der Waals surface area contributed by atoms with E-state index in [1.165, 1.54) is 37.0 Å². The molecule has 1 heterocycles. The van der Waals surface area contributed by atoms with E-state index in [0.29, 0.717) is 4.90 Å². The zero-order valence-corrected chi connectivity index (χ0v) is 13.2. The molecular weight excluding hydrogens is 332 g/mol. The molecule has 1 aromatic heterocycles. The molecule has 0 aliphatic carbocycles. The van der Waals surface area contributed by atoms with E-state index < -0.39 is 18.0 Å². The maximum Gasteiger partial charge on any atom is 0.408 e. The first kappa shape index (κ1) is 17.6. The Morgan fingerprint density at radius 3 is 2.26 bits per heavy atom. The van der Waals surface area contributed by atoms with Gasteiger partial charge in [0.1, 0.15) is 11.9 Å². The summed E-state index contributed by atoms with van der Waals surface area (Å²) in [6, 6.07) is 5.08. The van der Waals surface area contributed by atoms with Crippen LogP contribution in [0.15, 0.2) is 52.3 Å². The highest BCUT2D eigenvalue weighted by atomic mass is 32.2. The van der Waals surface area contributed by atoms with E-state index in [4.69, 9.17) is 0 Å². The molecule has 8 heteroatoms. The smallest absolute Gasteiger partial charge is 0.317 e. The Morgan fingerprint density at radius 1 is 1.13 bits per heavy atom. The minimum Gasteiger partial charge on any atom is -0.317 e. The summed E-state index contributed by atoms with van der Waals surface area (Å²) in [7, 11) is 2.82. The summed E-state index contributed by atoms with van der Waals surface area (Å²) in [5, 5.41) is 0. The summed E-state index contributed by atoms with van der Waals surface area (Å²) in [5.74, 6) is -0.594. The lowest BCUT2D eigenvalue weighted by atomic mass is 10.1. The number of halogens is 4. The minimum atomic E-state index is -4.53. The number of nitrogens with zero attached hydrogens (tertiary/aromatic N) is 2. The summed E-state index contributed by atoms with van der Waals surface area (Å²) < 4.78 is 55.5. The fraction of sp³-hybridized carbons (Fsp3) is 0.267. The molecule has 3 nitrogen and oxygen atoms in total. The van der Waals surface area contributed by atoms with Gasteiger partial charge in [-0.2, -0.15) is 13.2 Å². The second kappa shape index (κ2) is 6.76. The van der Waals surface area contributed by atoms with Crippen LogP contribution in [0.5, 0.6) is 0 Å². The number of hydrogen-bond donors (Lipinski definition) is 0. The molecule has 23 heavy (non-hydrogen) atoms. The Kier molecular flexibility index (Phi) is 5.16. The van der Waals surface area contributed by atoms with Crippen molar-refractivity contribution in [1.29, 1.82) is 0 Å². The van der Waals surface area contributed by atoms with Crippen LogP contribution >= 0.6 is 11.9 Å². The Bertz CT molecular complexity index is 727. The van der Waals surface area contributed by atoms with Gasteiger partial charge in [-0.25, -0.2) is 8.70 Å². The van der Waals surface area contributed by atoms with Gasteiger partial charge in [-0.1, -0.05) is 12.1 Å². The van der Waals surface area contributed by atoms with E-state index >= 15 is 0 Å². The number of hydrogen-bond acceptors (Lipinski definition) is 3. The van der Waals surface area contributed by atoms with Gasteiger partial charge in [-0.15, -0.1) is 0 Å². The van der Waals surface area contributed by atoms with E-state index in [1.54, 1.807) is 0 Å². The lowest BCUT2D eigenvalue weighted by molar-refractivity contribution is -0.169. The second-order valence-corrected chi connectivity index (χ2v) is 6.18. The van der Waals surface area contributed by atoms with Gasteiger partial charge in [0.05, 0.1) is 0 Å². The van der Waals surface area contributed by atoms with Crippen molar-refractivity contribution < 1.29 is 17.6 Å². The first-order chi connectivity index (χ1) is 10.7. The zero-order chi connectivity index (χ0) is 17.2. The summed E-state index contributed by atoms with van der Waals surface area (Å²) in [4.78, 5) is 11.8. The number of pyridine rings is 1. The van der Waals surface area contributed by atoms with Gasteiger partial charge in [0.25, 0.3) is 0 Å². The van der Waals surface area contributed by atoms with Crippen molar-refractivity contribution in [2.75, 3.05) is 7.05 Å². The van der Waals surface area contributed by atoms with Crippen LogP contribution in [-0.4, -0.2) is 22.1 Å². The van der Waals surface area contributed by atoms with Crippen LogP contribution in [0.1, 0.15) is 11.6 Å². The van der Waals surface area contributed by atoms with Crippen molar-refractivity contribution in [2.24, 2.45) is 7.05 Å². The molecule has 0 fully saturated rings. The quantitative estimate of drug-likeness (QED) is 0.622. The average molecular weight is 346 g/mol. The van der Waals surface area contributed by atoms with Crippen molar-refractivity contribution in [3.8, 4) is 0 Å². The highest BCUT2D eigenvalue weighted by Crippen LogP contribution is 2.41. The van der Waals surface area contributed by atoms with Crippen molar-refractivity contribution >= 4 is 11.9 Å². The maximum absolute atomic E-state index is 13.4. The molecule has 0 bridgehead atoms. The topological polar surface area (TPSA) is 25.2 Å². The van der Waals surface area contributed by atoms with E-state index in [1.807, 2.05) is 0 Å². The van der Waals surface area contributed by atoms with E-state index in [-0.39, 0.29) is 11.1 Å². The largest absolute Gasteiger partial charge is 0.408 e. The van der Waals surface area contributed by atoms with Crippen molar-refractivity contribution in [2.45, 2.75) is 17.1 Å². The summed E-state index contributed by atoms with van der Waals surface area (Å²) in [5.41, 5.74) is -0.304. The molecule has 124 valence electrons. The molecule has 0 N–H and O–H groups in total. The molecule has 2 aromatic rings. The van der Waals surface area contributed by atoms with Crippen molar-refractivity contribution in [1.82, 2.24) is 8.87 Å². The fourth-order valence-electron chi connectivity index (χ4n) is 2.09. The van der Waals surface area contributed by atoms with Crippen molar-refractivity contribution in [3.63, 3.8) is 0 Å². The Labute approximate surface area is 134 Å². The predicted octanol–water partition coefficient (Wildman–Crippen LogP) is 3.77. The molecule has 0 spiro atoms. The second-order valence-electron chi connectivity index (χ2n) is 4.95. The molecule has 0 aliphatic rings. The third-order valence-electron chi connectivity index (χ3n) is 3.17. The summed E-state index contributed by atoms with van der Waals surface area (Å²) >= 11 is 0.860. The van der Waals surface area contributed by atoms with Crippen molar-refractivity contribution in [3.05, 3.63) is 64.3 Å². The van der Waals surface area contributed by atoms with E-state index in [2.05, 4.69) is 0 Å². The first-order valence-electron chi connectivity index (χ1n) is 6.58. The highest BCUT2D eigenvalue weighted by Gasteiger charge is 2.44. The Morgan fingerprint density at radius 2 is 1.74 bits per heavy atom. The standard InChI is InChI=1S/C15H14F4N2OS/c1-20-9-12(7-8-13(20)22)23-21(2)14(15(17,18)19)10-3-5-11(16)6-4-10/h3-9,14H,1-2H3/t14-/m1/s1. The average Bonchev–Trinajstić information content (AvgIpc) is 2.44. The maximum atomic E-state index is 13.4. The zero-order valence-electron chi connectivity index (χ0n) is 12.3. The lowest BCUT2D eigenvalue weighted by Gasteiger charge is -2.29. The van der Waals surface area contributed by atoms with Gasteiger partial charge in [0.2, 0.25) is 5.56 Å². The predicted molar refractivity (Wildman–Crippen MR) is 80.5 cm³/mol. The van der Waals surface area contributed by atoms with Gasteiger partial charge in [0, 0.05) is 24.2 Å². The number of aromatic nitrogens is 1. The van der Waals surface area contributed by atoms with Crippen LogP contribution in [0.3, 0.4) is 0 Å². The number of rotatable bonds is 4. The van der Waals surface area contributed by atoms with Crippen LogP contribution in [0.4, 0.5) is 17.6 Å². The Balaban J connectivity index is 2.30. The van der Waals surface area contributed by atoms with Gasteiger partial charge < -0.3 is 4.57 Å².